The molecule has 1 aliphatic rings. The van der Waals surface area contributed by atoms with E-state index >= 15 is 0 Å². The Morgan fingerprint density at radius 3 is 2.70 bits per heavy atom. The number of aryl methyl sites for hydroxylation is 1. The molecule has 0 amide bonds. The molecule has 1 aliphatic heterocycles. The van der Waals surface area contributed by atoms with Gasteiger partial charge in [-0.1, -0.05) is 25.1 Å². The first-order valence-electron chi connectivity index (χ1n) is 14.1. The van der Waals surface area contributed by atoms with Gasteiger partial charge in [-0.05, 0) is 83.5 Å². The number of hydrogen-bond acceptors (Lipinski definition) is 8. The van der Waals surface area contributed by atoms with Gasteiger partial charge >= 0.3 is 0 Å². The molecule has 0 radical (unpaired) electrons. The minimum absolute atomic E-state index is 0.0553. The van der Waals surface area contributed by atoms with Crippen molar-refractivity contribution in [3.8, 4) is 5.75 Å². The van der Waals surface area contributed by atoms with Crippen molar-refractivity contribution >= 4 is 10.9 Å². The van der Waals surface area contributed by atoms with Crippen molar-refractivity contribution in [2.75, 3.05) is 33.5 Å². The Morgan fingerprint density at radius 1 is 1.15 bits per heavy atom. The number of nitrogens with one attached hydrogen (secondary N) is 1. The summed E-state index contributed by atoms with van der Waals surface area (Å²) in [6, 6.07) is 15.7. The first-order valence-corrected chi connectivity index (χ1v) is 14.1. The van der Waals surface area contributed by atoms with Gasteiger partial charge in [0.2, 0.25) is 0 Å². The highest BCUT2D eigenvalue weighted by Gasteiger charge is 2.33. The second kappa shape index (κ2) is 13.2. The number of aromatic nitrogens is 5. The molecular formula is C30H38N6O4. The van der Waals surface area contributed by atoms with Gasteiger partial charge in [0.1, 0.15) is 11.8 Å². The quantitative estimate of drug-likeness (QED) is 0.269. The van der Waals surface area contributed by atoms with Gasteiger partial charge in [-0.15, -0.1) is 5.10 Å². The maximum atomic E-state index is 13.7. The molecule has 212 valence electrons. The van der Waals surface area contributed by atoms with Gasteiger partial charge in [0.05, 0.1) is 25.9 Å². The standard InChI is InChI=1S/C30H38N6O4/c1-4-21-10-13-27-23(17-21)18-26(30(37)31-27)28(29-32-33-34-36(29)14-16-38-3)35(20-25-7-6-15-40-25)19-22-8-11-24(12-9-22)39-5-2/h8-13,17-18,25,28H,4-7,14-16,19-20H2,1-3H3,(H,31,37)/t25-,28+/m0/s1. The number of tetrazole rings is 1. The maximum absolute atomic E-state index is 13.7. The van der Waals surface area contributed by atoms with Crippen molar-refractivity contribution < 1.29 is 14.2 Å². The molecular weight excluding hydrogens is 508 g/mol. The predicted octanol–water partition coefficient (Wildman–Crippen LogP) is 3.89. The molecule has 2 aromatic heterocycles. The average molecular weight is 547 g/mol. The number of ether oxygens (including phenoxy) is 3. The topological polar surface area (TPSA) is 107 Å². The molecule has 1 N–H and O–H groups in total. The third-order valence-electron chi connectivity index (χ3n) is 7.40. The molecule has 1 fully saturated rings. The third kappa shape index (κ3) is 6.41. The van der Waals surface area contributed by atoms with Crippen molar-refractivity contribution in [2.24, 2.45) is 0 Å². The zero-order valence-corrected chi connectivity index (χ0v) is 23.5. The Kier molecular flexibility index (Phi) is 9.20. The van der Waals surface area contributed by atoms with Crippen LogP contribution in [0.25, 0.3) is 10.9 Å². The SMILES string of the molecule is CCOc1ccc(CN(C[C@@H]2CCCO2)[C@H](c2cc3cc(CC)ccc3[nH]c2=O)c2nnnn2CCOC)cc1. The largest absolute Gasteiger partial charge is 0.494 e. The van der Waals surface area contributed by atoms with E-state index in [2.05, 4.69) is 56.6 Å². The van der Waals surface area contributed by atoms with Gasteiger partial charge < -0.3 is 19.2 Å². The van der Waals surface area contributed by atoms with Crippen molar-refractivity contribution in [2.45, 2.75) is 58.3 Å². The molecule has 0 saturated carbocycles. The van der Waals surface area contributed by atoms with Crippen molar-refractivity contribution in [1.82, 2.24) is 30.1 Å². The van der Waals surface area contributed by atoms with Crippen LogP contribution in [0.15, 0.2) is 53.3 Å². The molecule has 2 aromatic carbocycles. The second-order valence-corrected chi connectivity index (χ2v) is 10.1. The number of fused-ring (bicyclic) bond motifs is 1. The number of benzene rings is 2. The van der Waals surface area contributed by atoms with Crippen LogP contribution in [-0.2, 0) is 29.0 Å². The van der Waals surface area contributed by atoms with Crippen LogP contribution in [0.5, 0.6) is 5.75 Å². The van der Waals surface area contributed by atoms with Crippen LogP contribution in [0.4, 0.5) is 0 Å². The second-order valence-electron chi connectivity index (χ2n) is 10.1. The lowest BCUT2D eigenvalue weighted by Crippen LogP contribution is -2.39. The van der Waals surface area contributed by atoms with Gasteiger partial charge in [-0.3, -0.25) is 9.69 Å². The van der Waals surface area contributed by atoms with Gasteiger partial charge in [-0.25, -0.2) is 4.68 Å². The zero-order valence-electron chi connectivity index (χ0n) is 23.5. The van der Waals surface area contributed by atoms with E-state index in [9.17, 15) is 4.79 Å². The third-order valence-corrected chi connectivity index (χ3v) is 7.40. The first kappa shape index (κ1) is 27.9. The lowest BCUT2D eigenvalue weighted by atomic mass is 10.0. The minimum Gasteiger partial charge on any atom is -0.494 e. The Hall–Kier alpha value is -3.60. The molecule has 0 unspecified atom stereocenters. The van der Waals surface area contributed by atoms with Gasteiger partial charge in [-0.2, -0.15) is 0 Å². The summed E-state index contributed by atoms with van der Waals surface area (Å²) < 4.78 is 18.8. The Balaban J connectivity index is 1.62. The highest BCUT2D eigenvalue weighted by atomic mass is 16.5. The minimum atomic E-state index is -0.513. The van der Waals surface area contributed by atoms with E-state index in [4.69, 9.17) is 14.2 Å². The van der Waals surface area contributed by atoms with E-state index in [1.807, 2.05) is 31.2 Å². The molecule has 0 spiro atoms. The van der Waals surface area contributed by atoms with E-state index in [0.717, 1.165) is 48.1 Å². The van der Waals surface area contributed by atoms with Crippen LogP contribution < -0.4 is 10.3 Å². The summed E-state index contributed by atoms with van der Waals surface area (Å²) in [5, 5.41) is 13.7. The van der Waals surface area contributed by atoms with Crippen LogP contribution >= 0.6 is 0 Å². The number of H-pyrrole nitrogens is 1. The van der Waals surface area contributed by atoms with Crippen LogP contribution in [0.2, 0.25) is 0 Å². The Morgan fingerprint density at radius 2 is 1.98 bits per heavy atom. The van der Waals surface area contributed by atoms with Gasteiger partial charge in [0.15, 0.2) is 5.82 Å². The maximum Gasteiger partial charge on any atom is 0.253 e. The highest BCUT2D eigenvalue weighted by molar-refractivity contribution is 5.80. The molecule has 10 heteroatoms. The highest BCUT2D eigenvalue weighted by Crippen LogP contribution is 2.31. The molecule has 3 heterocycles. The fraction of sp³-hybridized carbons (Fsp3) is 0.467. The number of methoxy groups -OCH3 is 1. The average Bonchev–Trinajstić information content (AvgIpc) is 3.66. The lowest BCUT2D eigenvalue weighted by molar-refractivity contribution is 0.0569. The number of pyridine rings is 1. The molecule has 2 atom stereocenters. The van der Waals surface area contributed by atoms with E-state index in [1.165, 1.54) is 5.56 Å². The van der Waals surface area contributed by atoms with E-state index in [1.54, 1.807) is 11.8 Å². The smallest absolute Gasteiger partial charge is 0.253 e. The summed E-state index contributed by atoms with van der Waals surface area (Å²) >= 11 is 0. The number of aromatic amines is 1. The van der Waals surface area contributed by atoms with Crippen LogP contribution in [0.1, 0.15) is 55.2 Å². The molecule has 10 nitrogen and oxygen atoms in total. The summed E-state index contributed by atoms with van der Waals surface area (Å²) in [5.41, 5.74) is 3.54. The number of nitrogens with zero attached hydrogens (tertiary/aromatic N) is 5. The van der Waals surface area contributed by atoms with Crippen LogP contribution in [0, 0.1) is 0 Å². The van der Waals surface area contributed by atoms with Gasteiger partial charge in [0, 0.05) is 37.9 Å². The van der Waals surface area contributed by atoms with E-state index in [-0.39, 0.29) is 11.7 Å². The predicted molar refractivity (Wildman–Crippen MR) is 152 cm³/mol. The molecule has 40 heavy (non-hydrogen) atoms. The van der Waals surface area contributed by atoms with E-state index < -0.39 is 6.04 Å². The number of hydrogen-bond donors (Lipinski definition) is 1. The summed E-state index contributed by atoms with van der Waals surface area (Å²) in [6.45, 7) is 7.57. The summed E-state index contributed by atoms with van der Waals surface area (Å²) in [5.74, 6) is 1.42. The van der Waals surface area contributed by atoms with Crippen molar-refractivity contribution in [1.29, 1.82) is 0 Å². The Labute approximate surface area is 234 Å². The van der Waals surface area contributed by atoms with Crippen LogP contribution in [-0.4, -0.2) is 69.7 Å². The molecule has 0 bridgehead atoms. The fourth-order valence-electron chi connectivity index (χ4n) is 5.34. The van der Waals surface area contributed by atoms with Crippen molar-refractivity contribution in [3.05, 3.63) is 81.4 Å². The fourth-order valence-corrected chi connectivity index (χ4v) is 5.34. The molecule has 5 rings (SSSR count). The molecule has 0 aliphatic carbocycles. The molecule has 1 saturated heterocycles. The summed E-state index contributed by atoms with van der Waals surface area (Å²) in [4.78, 5) is 19.1. The normalized spacial score (nSPS) is 16.1. The van der Waals surface area contributed by atoms with E-state index in [0.29, 0.717) is 44.2 Å². The Bertz CT molecular complexity index is 1440. The zero-order chi connectivity index (χ0) is 27.9. The van der Waals surface area contributed by atoms with Crippen molar-refractivity contribution in [3.63, 3.8) is 0 Å². The number of rotatable bonds is 13. The summed E-state index contributed by atoms with van der Waals surface area (Å²) in [7, 11) is 1.65. The summed E-state index contributed by atoms with van der Waals surface area (Å²) in [6.07, 6.45) is 2.95. The molecule has 4 aromatic rings. The monoisotopic (exact) mass is 546 g/mol. The van der Waals surface area contributed by atoms with Crippen LogP contribution in [0.3, 0.4) is 0 Å². The lowest BCUT2D eigenvalue weighted by Gasteiger charge is -2.32. The van der Waals surface area contributed by atoms with Gasteiger partial charge in [0.25, 0.3) is 5.56 Å². The first-order chi connectivity index (χ1) is 19.6.